The minimum Gasteiger partial charge on any atom is -0.339 e. The molecule has 1 aromatic carbocycles. The number of benzene rings is 1. The Labute approximate surface area is 137 Å². The van der Waals surface area contributed by atoms with Gasteiger partial charge in [-0.25, -0.2) is 0 Å². The van der Waals surface area contributed by atoms with Gasteiger partial charge in [-0.1, -0.05) is 42.1 Å². The second-order valence-electron chi connectivity index (χ2n) is 5.30. The second-order valence-corrected chi connectivity index (χ2v) is 6.14. The highest BCUT2D eigenvalue weighted by molar-refractivity contribution is 6.35. The predicted molar refractivity (Wildman–Crippen MR) is 89.8 cm³/mol. The largest absolute Gasteiger partial charge is 0.339 e. The first-order valence-electron chi connectivity index (χ1n) is 7.38. The van der Waals surface area contributed by atoms with Crippen LogP contribution in [-0.2, 0) is 4.79 Å². The summed E-state index contributed by atoms with van der Waals surface area (Å²) in [4.78, 5) is 13.9. The lowest BCUT2D eigenvalue weighted by molar-refractivity contribution is -0.131. The Kier molecular flexibility index (Phi) is 8.09. The minimum atomic E-state index is -0.0636. The van der Waals surface area contributed by atoms with E-state index in [2.05, 4.69) is 0 Å². The van der Waals surface area contributed by atoms with Crippen LogP contribution in [0, 0.1) is 0 Å². The Hall–Kier alpha value is -0.770. The van der Waals surface area contributed by atoms with Gasteiger partial charge in [0.05, 0.1) is 6.04 Å². The van der Waals surface area contributed by atoms with Crippen LogP contribution in [0.3, 0.4) is 0 Å². The monoisotopic (exact) mass is 330 g/mol. The molecule has 0 aliphatic carbocycles. The summed E-state index contributed by atoms with van der Waals surface area (Å²) in [6, 6.07) is 5.32. The average molecular weight is 331 g/mol. The number of nitrogens with zero attached hydrogens (tertiary/aromatic N) is 1. The highest BCUT2D eigenvalue weighted by Crippen LogP contribution is 2.29. The van der Waals surface area contributed by atoms with Gasteiger partial charge in [0.1, 0.15) is 0 Å². The lowest BCUT2D eigenvalue weighted by atomic mass is 10.1. The van der Waals surface area contributed by atoms with E-state index in [0.29, 0.717) is 16.5 Å². The van der Waals surface area contributed by atoms with Crippen LogP contribution in [0.25, 0.3) is 0 Å². The van der Waals surface area contributed by atoms with Crippen LogP contribution < -0.4 is 5.73 Å². The topological polar surface area (TPSA) is 46.3 Å². The molecule has 1 rings (SSSR count). The van der Waals surface area contributed by atoms with E-state index in [1.807, 2.05) is 20.0 Å². The number of carbonyl (C=O) groups excluding carboxylic acids is 1. The van der Waals surface area contributed by atoms with E-state index in [-0.39, 0.29) is 11.9 Å². The van der Waals surface area contributed by atoms with Crippen molar-refractivity contribution in [1.29, 1.82) is 0 Å². The smallest absolute Gasteiger partial charge is 0.222 e. The van der Waals surface area contributed by atoms with Crippen LogP contribution in [0.1, 0.15) is 50.6 Å². The van der Waals surface area contributed by atoms with E-state index in [4.69, 9.17) is 28.9 Å². The Balaban J connectivity index is 2.52. The lowest BCUT2D eigenvalue weighted by Gasteiger charge is -2.26. The third kappa shape index (κ3) is 5.85. The van der Waals surface area contributed by atoms with Crippen molar-refractivity contribution in [1.82, 2.24) is 4.90 Å². The Morgan fingerprint density at radius 3 is 2.52 bits per heavy atom. The molecule has 0 heterocycles. The fourth-order valence-corrected chi connectivity index (χ4v) is 2.78. The molecular formula is C16H24Cl2N2O. The summed E-state index contributed by atoms with van der Waals surface area (Å²) in [5.74, 6) is 0.140. The highest BCUT2D eigenvalue weighted by atomic mass is 35.5. The van der Waals surface area contributed by atoms with Gasteiger partial charge in [0.25, 0.3) is 0 Å². The maximum Gasteiger partial charge on any atom is 0.222 e. The van der Waals surface area contributed by atoms with Crippen molar-refractivity contribution in [2.24, 2.45) is 5.73 Å². The van der Waals surface area contributed by atoms with E-state index >= 15 is 0 Å². The molecule has 0 saturated carbocycles. The zero-order valence-electron chi connectivity index (χ0n) is 12.7. The van der Waals surface area contributed by atoms with Crippen molar-refractivity contribution in [3.8, 4) is 0 Å². The zero-order chi connectivity index (χ0) is 15.8. The Bertz CT molecular complexity index is 466. The van der Waals surface area contributed by atoms with Gasteiger partial charge in [-0.2, -0.15) is 0 Å². The number of hydrogen-bond acceptors (Lipinski definition) is 2. The Morgan fingerprint density at radius 2 is 1.90 bits per heavy atom. The van der Waals surface area contributed by atoms with Crippen LogP contribution in [0.5, 0.6) is 0 Å². The number of amides is 1. The first kappa shape index (κ1) is 18.3. The minimum absolute atomic E-state index is 0.0636. The maximum atomic E-state index is 12.2. The van der Waals surface area contributed by atoms with Gasteiger partial charge in [0.15, 0.2) is 0 Å². The fraction of sp³-hybridized carbons (Fsp3) is 0.562. The first-order chi connectivity index (χ1) is 9.97. The standard InChI is InChI=1S/C16H24Cl2N2O/c1-12(14-9-8-13(17)11-15(14)18)20(2)16(21)7-5-3-4-6-10-19/h8-9,11-12H,3-7,10,19H2,1-2H3. The molecule has 0 radical (unpaired) electrons. The molecule has 2 N–H and O–H groups in total. The summed E-state index contributed by atoms with van der Waals surface area (Å²) in [5, 5.41) is 1.20. The number of rotatable bonds is 8. The molecule has 118 valence electrons. The third-order valence-corrected chi connectivity index (χ3v) is 4.29. The summed E-state index contributed by atoms with van der Waals surface area (Å²) >= 11 is 12.1. The number of carbonyl (C=O) groups is 1. The number of unbranched alkanes of at least 4 members (excludes halogenated alkanes) is 3. The van der Waals surface area contributed by atoms with Gasteiger partial charge >= 0.3 is 0 Å². The van der Waals surface area contributed by atoms with Crippen LogP contribution in [0.15, 0.2) is 18.2 Å². The van der Waals surface area contributed by atoms with Gasteiger partial charge in [-0.05, 0) is 44.0 Å². The second kappa shape index (κ2) is 9.29. The normalized spacial score (nSPS) is 12.2. The van der Waals surface area contributed by atoms with Gasteiger partial charge in [0.2, 0.25) is 5.91 Å². The van der Waals surface area contributed by atoms with Crippen LogP contribution >= 0.6 is 23.2 Å². The molecule has 0 aliphatic heterocycles. The highest BCUT2D eigenvalue weighted by Gasteiger charge is 2.19. The molecule has 0 aromatic heterocycles. The molecule has 1 atom stereocenters. The summed E-state index contributed by atoms with van der Waals surface area (Å²) in [6.45, 7) is 2.70. The SMILES string of the molecule is CC(c1ccc(Cl)cc1Cl)N(C)C(=O)CCCCCCN. The molecule has 0 spiro atoms. The van der Waals surface area contributed by atoms with Crippen LogP contribution in [0.2, 0.25) is 10.0 Å². The lowest BCUT2D eigenvalue weighted by Crippen LogP contribution is -2.29. The van der Waals surface area contributed by atoms with Crippen molar-refractivity contribution in [3.05, 3.63) is 33.8 Å². The quantitative estimate of drug-likeness (QED) is 0.717. The van der Waals surface area contributed by atoms with E-state index in [1.165, 1.54) is 0 Å². The molecule has 1 aromatic rings. The van der Waals surface area contributed by atoms with Gasteiger partial charge in [0, 0.05) is 23.5 Å². The van der Waals surface area contributed by atoms with Crippen molar-refractivity contribution in [2.75, 3.05) is 13.6 Å². The molecule has 3 nitrogen and oxygen atoms in total. The molecule has 0 saturated heterocycles. The van der Waals surface area contributed by atoms with E-state index in [1.54, 1.807) is 17.0 Å². The molecule has 1 unspecified atom stereocenters. The van der Waals surface area contributed by atoms with Crippen LogP contribution in [-0.4, -0.2) is 24.4 Å². The molecule has 0 bridgehead atoms. The van der Waals surface area contributed by atoms with Gasteiger partial charge < -0.3 is 10.6 Å². The van der Waals surface area contributed by atoms with E-state index in [0.717, 1.165) is 37.8 Å². The zero-order valence-corrected chi connectivity index (χ0v) is 14.3. The number of hydrogen-bond donors (Lipinski definition) is 1. The van der Waals surface area contributed by atoms with Crippen molar-refractivity contribution >= 4 is 29.1 Å². The summed E-state index contributed by atoms with van der Waals surface area (Å²) in [5.41, 5.74) is 6.37. The molecule has 0 fully saturated rings. The third-order valence-electron chi connectivity index (χ3n) is 3.73. The maximum absolute atomic E-state index is 12.2. The summed E-state index contributed by atoms with van der Waals surface area (Å²) in [6.07, 6.45) is 4.64. The summed E-state index contributed by atoms with van der Waals surface area (Å²) < 4.78 is 0. The van der Waals surface area contributed by atoms with E-state index in [9.17, 15) is 4.79 Å². The number of nitrogens with two attached hydrogens (primary N) is 1. The average Bonchev–Trinajstić information content (AvgIpc) is 2.45. The molecule has 0 aliphatic rings. The molecule has 21 heavy (non-hydrogen) atoms. The predicted octanol–water partition coefficient (Wildman–Crippen LogP) is 4.42. The van der Waals surface area contributed by atoms with Gasteiger partial charge in [-0.3, -0.25) is 4.79 Å². The Morgan fingerprint density at radius 1 is 1.24 bits per heavy atom. The van der Waals surface area contributed by atoms with Crippen LogP contribution in [0.4, 0.5) is 0 Å². The molecule has 5 heteroatoms. The first-order valence-corrected chi connectivity index (χ1v) is 8.13. The fourth-order valence-electron chi connectivity index (χ4n) is 2.22. The van der Waals surface area contributed by atoms with Gasteiger partial charge in [-0.15, -0.1) is 0 Å². The van der Waals surface area contributed by atoms with Crippen molar-refractivity contribution in [3.63, 3.8) is 0 Å². The van der Waals surface area contributed by atoms with Crippen molar-refractivity contribution in [2.45, 2.75) is 45.1 Å². The molecule has 1 amide bonds. The molecular weight excluding hydrogens is 307 g/mol. The number of halogens is 2. The summed E-state index contributed by atoms with van der Waals surface area (Å²) in [7, 11) is 1.82. The van der Waals surface area contributed by atoms with Crippen molar-refractivity contribution < 1.29 is 4.79 Å². The van der Waals surface area contributed by atoms with E-state index < -0.39 is 0 Å².